The molecule has 0 saturated carbocycles. The first-order valence-electron chi connectivity index (χ1n) is 7.79. The molecule has 0 spiro atoms. The Hall–Kier alpha value is -2.45. The summed E-state index contributed by atoms with van der Waals surface area (Å²) in [6.07, 6.45) is 1.31. The van der Waals surface area contributed by atoms with E-state index < -0.39 is 5.97 Å². The maximum Gasteiger partial charge on any atom is 0.338 e. The van der Waals surface area contributed by atoms with E-state index in [4.69, 9.17) is 14.3 Å². The highest BCUT2D eigenvalue weighted by molar-refractivity contribution is 5.94. The molecule has 1 N–H and O–H groups in total. The number of amides is 1. The van der Waals surface area contributed by atoms with Crippen LogP contribution < -0.4 is 0 Å². The number of aliphatic hydroxyl groups excluding tert-OH is 1. The summed E-state index contributed by atoms with van der Waals surface area (Å²) in [6.45, 7) is 3.01. The fourth-order valence-corrected chi connectivity index (χ4v) is 2.65. The van der Waals surface area contributed by atoms with Crippen molar-refractivity contribution in [3.8, 4) is 0 Å². The van der Waals surface area contributed by atoms with Crippen molar-refractivity contribution in [2.24, 2.45) is 0 Å². The van der Waals surface area contributed by atoms with Crippen LogP contribution in [0.3, 0.4) is 0 Å². The zero-order valence-electron chi connectivity index (χ0n) is 13.2. The van der Waals surface area contributed by atoms with Gasteiger partial charge in [-0.2, -0.15) is 0 Å². The maximum atomic E-state index is 12.1. The number of hydrogen-bond donors (Lipinski definition) is 1. The van der Waals surface area contributed by atoms with E-state index in [2.05, 4.69) is 9.88 Å². The second-order valence-electron chi connectivity index (χ2n) is 5.56. The molecule has 1 aromatic carbocycles. The topological polar surface area (TPSA) is 96.1 Å². The molecule has 24 heavy (non-hydrogen) atoms. The number of rotatable bonds is 5. The molecule has 0 atom stereocenters. The van der Waals surface area contributed by atoms with Crippen molar-refractivity contribution < 1.29 is 23.8 Å². The summed E-state index contributed by atoms with van der Waals surface area (Å²) in [5.74, 6) is -0.776. The summed E-state index contributed by atoms with van der Waals surface area (Å²) >= 11 is 0. The van der Waals surface area contributed by atoms with Gasteiger partial charge in [0.05, 0.1) is 12.2 Å². The van der Waals surface area contributed by atoms with Gasteiger partial charge in [-0.1, -0.05) is 0 Å². The molecule has 1 aromatic heterocycles. The normalized spacial score (nSPS) is 15.6. The van der Waals surface area contributed by atoms with Crippen LogP contribution in [0.4, 0.5) is 0 Å². The van der Waals surface area contributed by atoms with E-state index in [0.29, 0.717) is 49.4 Å². The zero-order chi connectivity index (χ0) is 16.9. The molecular formula is C16H19N3O5. The Morgan fingerprint density at radius 3 is 2.79 bits per heavy atom. The Kier molecular flexibility index (Phi) is 5.07. The number of benzene rings is 1. The number of carbonyl (C=O) groups is 2. The van der Waals surface area contributed by atoms with E-state index in [1.54, 1.807) is 23.1 Å². The number of carbonyl (C=O) groups excluding carboxylic acids is 2. The molecule has 1 aliphatic heterocycles. The number of hydrogen-bond acceptors (Lipinski definition) is 7. The van der Waals surface area contributed by atoms with Gasteiger partial charge >= 0.3 is 5.97 Å². The smallest absolute Gasteiger partial charge is 0.338 e. The van der Waals surface area contributed by atoms with Gasteiger partial charge in [0.1, 0.15) is 5.52 Å². The first kappa shape index (κ1) is 16.4. The van der Waals surface area contributed by atoms with Gasteiger partial charge in [0, 0.05) is 32.7 Å². The Morgan fingerprint density at radius 1 is 1.25 bits per heavy atom. The first-order valence-corrected chi connectivity index (χ1v) is 7.79. The largest absolute Gasteiger partial charge is 0.452 e. The molecule has 2 aromatic rings. The molecule has 2 heterocycles. The van der Waals surface area contributed by atoms with Gasteiger partial charge in [-0.05, 0) is 18.2 Å². The Labute approximate surface area is 138 Å². The van der Waals surface area contributed by atoms with Crippen LogP contribution in [0.15, 0.2) is 29.0 Å². The highest BCUT2D eigenvalue weighted by Gasteiger charge is 2.22. The minimum absolute atomic E-state index is 0.113. The van der Waals surface area contributed by atoms with Gasteiger partial charge < -0.3 is 19.2 Å². The minimum atomic E-state index is -0.563. The van der Waals surface area contributed by atoms with Crippen LogP contribution in [0.2, 0.25) is 0 Å². The molecule has 1 aliphatic rings. The number of β-amino-alcohol motifs (C(OH)–C–C–N with tert-alkyl or cyclic N) is 1. The number of aliphatic hydroxyl groups is 1. The third kappa shape index (κ3) is 3.72. The van der Waals surface area contributed by atoms with Gasteiger partial charge in [0.2, 0.25) is 0 Å². The Morgan fingerprint density at radius 2 is 2.04 bits per heavy atom. The lowest BCUT2D eigenvalue weighted by molar-refractivity contribution is -0.136. The Balaban J connectivity index is 1.49. The van der Waals surface area contributed by atoms with E-state index in [-0.39, 0.29) is 19.1 Å². The lowest BCUT2D eigenvalue weighted by Crippen LogP contribution is -2.50. The van der Waals surface area contributed by atoms with E-state index in [1.807, 2.05) is 0 Å². The van der Waals surface area contributed by atoms with Crippen molar-refractivity contribution in [1.29, 1.82) is 0 Å². The quantitative estimate of drug-likeness (QED) is 0.776. The fraction of sp³-hybridized carbons (Fsp3) is 0.438. The van der Waals surface area contributed by atoms with Crippen molar-refractivity contribution in [2.75, 3.05) is 45.9 Å². The Bertz CT molecular complexity index is 721. The van der Waals surface area contributed by atoms with Crippen LogP contribution in [-0.2, 0) is 9.53 Å². The predicted molar refractivity (Wildman–Crippen MR) is 84.4 cm³/mol. The second-order valence-corrected chi connectivity index (χ2v) is 5.56. The lowest BCUT2D eigenvalue weighted by Gasteiger charge is -2.34. The van der Waals surface area contributed by atoms with Crippen LogP contribution in [0.1, 0.15) is 10.4 Å². The third-order valence-corrected chi connectivity index (χ3v) is 4.03. The fourth-order valence-electron chi connectivity index (χ4n) is 2.65. The highest BCUT2D eigenvalue weighted by Crippen LogP contribution is 2.15. The van der Waals surface area contributed by atoms with Gasteiger partial charge in [-0.25, -0.2) is 9.78 Å². The van der Waals surface area contributed by atoms with Crippen molar-refractivity contribution in [3.63, 3.8) is 0 Å². The van der Waals surface area contributed by atoms with Crippen molar-refractivity contribution in [1.82, 2.24) is 14.8 Å². The molecule has 8 heteroatoms. The lowest BCUT2D eigenvalue weighted by atomic mass is 10.2. The van der Waals surface area contributed by atoms with Crippen molar-refractivity contribution >= 4 is 23.0 Å². The van der Waals surface area contributed by atoms with Crippen LogP contribution in [0, 0.1) is 0 Å². The number of fused-ring (bicyclic) bond motifs is 1. The van der Waals surface area contributed by atoms with E-state index >= 15 is 0 Å². The number of piperazine rings is 1. The van der Waals surface area contributed by atoms with Crippen LogP contribution in [0.5, 0.6) is 0 Å². The van der Waals surface area contributed by atoms with Crippen molar-refractivity contribution in [3.05, 3.63) is 30.2 Å². The van der Waals surface area contributed by atoms with Crippen LogP contribution >= 0.6 is 0 Å². The third-order valence-electron chi connectivity index (χ3n) is 4.03. The summed E-state index contributed by atoms with van der Waals surface area (Å²) in [6, 6.07) is 4.79. The summed E-state index contributed by atoms with van der Waals surface area (Å²) in [7, 11) is 0. The molecular weight excluding hydrogens is 314 g/mol. The van der Waals surface area contributed by atoms with Crippen molar-refractivity contribution in [2.45, 2.75) is 0 Å². The molecule has 1 saturated heterocycles. The van der Waals surface area contributed by atoms with Gasteiger partial charge in [0.15, 0.2) is 18.6 Å². The maximum absolute atomic E-state index is 12.1. The summed E-state index contributed by atoms with van der Waals surface area (Å²) in [5, 5.41) is 8.91. The average molecular weight is 333 g/mol. The number of ether oxygens (including phenoxy) is 1. The van der Waals surface area contributed by atoms with E-state index in [9.17, 15) is 9.59 Å². The van der Waals surface area contributed by atoms with Gasteiger partial charge in [-0.15, -0.1) is 0 Å². The number of oxazole rings is 1. The van der Waals surface area contributed by atoms with Gasteiger partial charge in [-0.3, -0.25) is 9.69 Å². The van der Waals surface area contributed by atoms with Crippen LogP contribution in [-0.4, -0.2) is 77.7 Å². The highest BCUT2D eigenvalue weighted by atomic mass is 16.5. The molecule has 8 nitrogen and oxygen atoms in total. The van der Waals surface area contributed by atoms with Crippen LogP contribution in [0.25, 0.3) is 11.1 Å². The zero-order valence-corrected chi connectivity index (χ0v) is 13.2. The average Bonchev–Trinajstić information content (AvgIpc) is 3.08. The molecule has 0 unspecified atom stereocenters. The summed E-state index contributed by atoms with van der Waals surface area (Å²) in [4.78, 5) is 31.9. The standard InChI is InChI=1S/C16H19N3O5/c20-8-7-18-3-5-19(6-4-18)15(21)10-23-16(22)12-1-2-14-13(9-12)17-11-24-14/h1-2,9,11,20H,3-8,10H2. The number of nitrogens with zero attached hydrogens (tertiary/aromatic N) is 3. The molecule has 128 valence electrons. The second kappa shape index (κ2) is 7.41. The number of esters is 1. The molecule has 0 aliphatic carbocycles. The molecule has 1 amide bonds. The predicted octanol–water partition coefficient (Wildman–Crippen LogP) is 0.121. The molecule has 3 rings (SSSR count). The summed E-state index contributed by atoms with van der Waals surface area (Å²) < 4.78 is 10.2. The summed E-state index contributed by atoms with van der Waals surface area (Å²) in [5.41, 5.74) is 1.48. The number of aromatic nitrogens is 1. The van der Waals surface area contributed by atoms with E-state index in [1.165, 1.54) is 6.39 Å². The van der Waals surface area contributed by atoms with E-state index in [0.717, 1.165) is 0 Å². The SMILES string of the molecule is O=C(OCC(=O)N1CCN(CCO)CC1)c1ccc2ocnc2c1. The minimum Gasteiger partial charge on any atom is -0.452 e. The molecule has 0 radical (unpaired) electrons. The molecule has 0 bridgehead atoms. The van der Waals surface area contributed by atoms with Gasteiger partial charge in [0.25, 0.3) is 5.91 Å². The monoisotopic (exact) mass is 333 g/mol. The first-order chi connectivity index (χ1) is 11.7. The molecule has 1 fully saturated rings.